The Kier molecular flexibility index (Phi) is 5.25. The lowest BCUT2D eigenvalue weighted by Gasteiger charge is -2.19. The van der Waals surface area contributed by atoms with Crippen molar-refractivity contribution < 1.29 is 4.79 Å². The minimum atomic E-state index is -0.253. The number of aromatic nitrogens is 2. The van der Waals surface area contributed by atoms with Crippen LogP contribution in [0.1, 0.15) is 31.7 Å². The van der Waals surface area contributed by atoms with Gasteiger partial charge in [-0.1, -0.05) is 25.4 Å². The molecule has 0 radical (unpaired) electrons. The van der Waals surface area contributed by atoms with Crippen LogP contribution in [0.5, 0.6) is 0 Å². The van der Waals surface area contributed by atoms with Crippen LogP contribution in [0.3, 0.4) is 0 Å². The molecule has 2 amide bonds. The third kappa shape index (κ3) is 4.22. The molecule has 21 heavy (non-hydrogen) atoms. The number of hydrogen-bond acceptors (Lipinski definition) is 3. The summed E-state index contributed by atoms with van der Waals surface area (Å²) in [6.07, 6.45) is 1.69. The molecule has 0 saturated carbocycles. The van der Waals surface area contributed by atoms with Gasteiger partial charge in [0.05, 0.1) is 23.1 Å². The highest BCUT2D eigenvalue weighted by Crippen LogP contribution is 2.22. The summed E-state index contributed by atoms with van der Waals surface area (Å²) in [5.74, 6) is 1.12. The fraction of sp³-hybridized carbons (Fsp3) is 0.429. The first kappa shape index (κ1) is 15.9. The first-order valence-corrected chi connectivity index (χ1v) is 7.99. The van der Waals surface area contributed by atoms with Crippen LogP contribution in [-0.4, -0.2) is 15.8 Å². The SMILES string of the molecule is CC(C)C(C)n1nccc1NC(=O)NCc1ccc(Cl)s1. The highest BCUT2D eigenvalue weighted by Gasteiger charge is 2.15. The van der Waals surface area contributed by atoms with Crippen molar-refractivity contribution in [2.45, 2.75) is 33.4 Å². The lowest BCUT2D eigenvalue weighted by atomic mass is 10.1. The number of carbonyl (C=O) groups is 1. The zero-order valence-electron chi connectivity index (χ0n) is 12.3. The normalized spacial score (nSPS) is 12.4. The van der Waals surface area contributed by atoms with Gasteiger partial charge in [0, 0.05) is 10.9 Å². The minimum absolute atomic E-state index is 0.214. The molecule has 0 spiro atoms. The second kappa shape index (κ2) is 6.95. The number of thiophene rings is 1. The predicted octanol–water partition coefficient (Wildman–Crippen LogP) is 4.14. The molecule has 7 heteroatoms. The van der Waals surface area contributed by atoms with E-state index in [9.17, 15) is 4.79 Å². The van der Waals surface area contributed by atoms with Crippen molar-refractivity contribution in [1.29, 1.82) is 0 Å². The van der Waals surface area contributed by atoms with E-state index >= 15 is 0 Å². The highest BCUT2D eigenvalue weighted by molar-refractivity contribution is 7.16. The number of halogens is 1. The zero-order chi connectivity index (χ0) is 15.4. The smallest absolute Gasteiger partial charge is 0.320 e. The molecule has 1 unspecified atom stereocenters. The number of nitrogens with zero attached hydrogens (tertiary/aromatic N) is 2. The van der Waals surface area contributed by atoms with Crippen LogP contribution >= 0.6 is 22.9 Å². The summed E-state index contributed by atoms with van der Waals surface area (Å²) in [5.41, 5.74) is 0. The molecule has 0 aliphatic rings. The first-order chi connectivity index (χ1) is 9.97. The van der Waals surface area contributed by atoms with Gasteiger partial charge >= 0.3 is 6.03 Å². The van der Waals surface area contributed by atoms with E-state index in [0.717, 1.165) is 9.21 Å². The summed E-state index contributed by atoms with van der Waals surface area (Å²) >= 11 is 7.31. The molecule has 2 rings (SSSR count). The molecule has 2 aromatic heterocycles. The molecule has 0 aromatic carbocycles. The summed E-state index contributed by atoms with van der Waals surface area (Å²) in [4.78, 5) is 13.0. The predicted molar refractivity (Wildman–Crippen MR) is 87.0 cm³/mol. The fourth-order valence-electron chi connectivity index (χ4n) is 1.79. The standard InChI is InChI=1S/C14H19ClN4OS/c1-9(2)10(3)19-13(6-7-17-19)18-14(20)16-8-11-4-5-12(15)21-11/h4-7,9-10H,8H2,1-3H3,(H2,16,18,20). The fourth-order valence-corrected chi connectivity index (χ4v) is 2.82. The van der Waals surface area contributed by atoms with E-state index in [-0.39, 0.29) is 12.1 Å². The number of anilines is 1. The maximum absolute atomic E-state index is 11.9. The van der Waals surface area contributed by atoms with Gasteiger partial charge in [-0.15, -0.1) is 11.3 Å². The molecule has 1 atom stereocenters. The molecule has 0 fully saturated rings. The van der Waals surface area contributed by atoms with Crippen LogP contribution in [0.15, 0.2) is 24.4 Å². The number of urea groups is 1. The Bertz CT molecular complexity index is 608. The van der Waals surface area contributed by atoms with Crippen molar-refractivity contribution in [1.82, 2.24) is 15.1 Å². The van der Waals surface area contributed by atoms with E-state index in [0.29, 0.717) is 18.3 Å². The quantitative estimate of drug-likeness (QED) is 0.867. The zero-order valence-corrected chi connectivity index (χ0v) is 13.8. The highest BCUT2D eigenvalue weighted by atomic mass is 35.5. The van der Waals surface area contributed by atoms with Gasteiger partial charge in [0.1, 0.15) is 5.82 Å². The lowest BCUT2D eigenvalue weighted by Crippen LogP contribution is -2.29. The molecule has 2 aromatic rings. The Labute approximate surface area is 133 Å². The van der Waals surface area contributed by atoms with Gasteiger partial charge < -0.3 is 5.32 Å². The number of amides is 2. The largest absolute Gasteiger partial charge is 0.333 e. The van der Waals surface area contributed by atoms with Crippen molar-refractivity contribution in [2.75, 3.05) is 5.32 Å². The average molecular weight is 327 g/mol. The Balaban J connectivity index is 1.92. The molecule has 0 aliphatic heterocycles. The molecular weight excluding hydrogens is 308 g/mol. The van der Waals surface area contributed by atoms with Gasteiger partial charge in [0.15, 0.2) is 0 Å². The maximum atomic E-state index is 11.9. The monoisotopic (exact) mass is 326 g/mol. The van der Waals surface area contributed by atoms with Gasteiger partial charge in [0.2, 0.25) is 0 Å². The van der Waals surface area contributed by atoms with E-state index in [1.54, 1.807) is 12.3 Å². The van der Waals surface area contributed by atoms with Crippen LogP contribution in [0.25, 0.3) is 0 Å². The third-order valence-electron chi connectivity index (χ3n) is 3.31. The molecular formula is C14H19ClN4OS. The van der Waals surface area contributed by atoms with E-state index in [2.05, 4.69) is 36.5 Å². The number of hydrogen-bond donors (Lipinski definition) is 2. The summed E-state index contributed by atoms with van der Waals surface area (Å²) in [6, 6.07) is 5.47. The molecule has 5 nitrogen and oxygen atoms in total. The number of rotatable bonds is 5. The van der Waals surface area contributed by atoms with Crippen LogP contribution in [0, 0.1) is 5.92 Å². The van der Waals surface area contributed by atoms with Gasteiger partial charge in [-0.05, 0) is 25.0 Å². The van der Waals surface area contributed by atoms with Crippen LogP contribution < -0.4 is 10.6 Å². The number of carbonyl (C=O) groups excluding carboxylic acids is 1. The molecule has 2 N–H and O–H groups in total. The van der Waals surface area contributed by atoms with Crippen LogP contribution in [0.4, 0.5) is 10.6 Å². The average Bonchev–Trinajstić information content (AvgIpc) is 3.04. The van der Waals surface area contributed by atoms with Crippen LogP contribution in [-0.2, 0) is 6.54 Å². The minimum Gasteiger partial charge on any atom is -0.333 e. The lowest BCUT2D eigenvalue weighted by molar-refractivity contribution is 0.251. The molecule has 0 bridgehead atoms. The second-order valence-corrected chi connectivity index (χ2v) is 6.96. The van der Waals surface area contributed by atoms with Crippen LogP contribution in [0.2, 0.25) is 4.34 Å². The Hall–Kier alpha value is -1.53. The summed E-state index contributed by atoms with van der Waals surface area (Å²) in [6.45, 7) is 6.78. The van der Waals surface area contributed by atoms with Gasteiger partial charge in [0.25, 0.3) is 0 Å². The third-order valence-corrected chi connectivity index (χ3v) is 4.55. The van der Waals surface area contributed by atoms with Gasteiger partial charge in [-0.25, -0.2) is 9.48 Å². The first-order valence-electron chi connectivity index (χ1n) is 6.80. The van der Waals surface area contributed by atoms with E-state index in [4.69, 9.17) is 11.6 Å². The van der Waals surface area contributed by atoms with Crippen molar-refractivity contribution in [3.8, 4) is 0 Å². The topological polar surface area (TPSA) is 59.0 Å². The molecule has 114 valence electrons. The Morgan fingerprint density at radius 2 is 2.14 bits per heavy atom. The van der Waals surface area contributed by atoms with Crippen molar-refractivity contribution in [2.24, 2.45) is 5.92 Å². The Morgan fingerprint density at radius 1 is 1.38 bits per heavy atom. The van der Waals surface area contributed by atoms with Crippen molar-refractivity contribution in [3.05, 3.63) is 33.6 Å². The maximum Gasteiger partial charge on any atom is 0.320 e. The molecule has 0 aliphatic carbocycles. The summed E-state index contributed by atoms with van der Waals surface area (Å²) < 4.78 is 2.54. The molecule has 2 heterocycles. The van der Waals surface area contributed by atoms with Crippen molar-refractivity contribution in [3.63, 3.8) is 0 Å². The van der Waals surface area contributed by atoms with E-state index in [1.807, 2.05) is 16.8 Å². The summed E-state index contributed by atoms with van der Waals surface area (Å²) in [7, 11) is 0. The van der Waals surface area contributed by atoms with E-state index < -0.39 is 0 Å². The number of nitrogens with one attached hydrogen (secondary N) is 2. The second-order valence-electron chi connectivity index (χ2n) is 5.16. The Morgan fingerprint density at radius 3 is 2.76 bits per heavy atom. The van der Waals surface area contributed by atoms with E-state index in [1.165, 1.54) is 11.3 Å². The molecule has 0 saturated heterocycles. The summed E-state index contributed by atoms with van der Waals surface area (Å²) in [5, 5.41) is 9.90. The van der Waals surface area contributed by atoms with Gasteiger partial charge in [-0.2, -0.15) is 5.10 Å². The van der Waals surface area contributed by atoms with Gasteiger partial charge in [-0.3, -0.25) is 5.32 Å². The van der Waals surface area contributed by atoms with Crippen molar-refractivity contribution >= 4 is 34.8 Å².